The van der Waals surface area contributed by atoms with Gasteiger partial charge in [-0.1, -0.05) is 30.3 Å². The lowest BCUT2D eigenvalue weighted by atomic mass is 10.00. The summed E-state index contributed by atoms with van der Waals surface area (Å²) in [6.07, 6.45) is -2.60. The number of aromatic nitrogens is 2. The monoisotopic (exact) mass is 519 g/mol. The van der Waals surface area contributed by atoms with Gasteiger partial charge in [-0.2, -0.15) is 13.2 Å². The number of imidazole rings is 1. The summed E-state index contributed by atoms with van der Waals surface area (Å²) in [5.74, 6) is 1.02. The third-order valence-electron chi connectivity index (χ3n) is 6.94. The highest BCUT2D eigenvalue weighted by Gasteiger charge is 2.33. The Kier molecular flexibility index (Phi) is 6.46. The van der Waals surface area contributed by atoms with Gasteiger partial charge in [-0.3, -0.25) is 4.90 Å². The predicted octanol–water partition coefficient (Wildman–Crippen LogP) is 6.56. The summed E-state index contributed by atoms with van der Waals surface area (Å²) in [6, 6.07) is 8.78. The predicted molar refractivity (Wildman–Crippen MR) is 132 cm³/mol. The fourth-order valence-electron chi connectivity index (χ4n) is 4.94. The molecule has 2 N–H and O–H groups in total. The van der Waals surface area contributed by atoms with Crippen LogP contribution in [0.3, 0.4) is 0 Å². The normalized spacial score (nSPS) is 17.3. The first-order valence-electron chi connectivity index (χ1n) is 11.7. The van der Waals surface area contributed by atoms with Crippen molar-refractivity contribution in [2.45, 2.75) is 45.1 Å². The van der Waals surface area contributed by atoms with Gasteiger partial charge in [0, 0.05) is 49.2 Å². The molecule has 1 saturated heterocycles. The number of benzene rings is 2. The van der Waals surface area contributed by atoms with Gasteiger partial charge in [-0.05, 0) is 49.6 Å². The van der Waals surface area contributed by atoms with Crippen LogP contribution < -0.4 is 5.32 Å². The average Bonchev–Trinajstić information content (AvgIpc) is 3.18. The Balaban J connectivity index is 1.22. The topological polar surface area (TPSA) is 47.2 Å². The van der Waals surface area contributed by atoms with Crippen molar-refractivity contribution in [2.24, 2.45) is 0 Å². The number of likely N-dealkylation sites (tertiary alicyclic amines) is 1. The van der Waals surface area contributed by atoms with Crippen LogP contribution >= 0.6 is 11.6 Å². The molecule has 2 aliphatic rings. The van der Waals surface area contributed by atoms with Crippen molar-refractivity contribution >= 4 is 17.3 Å². The molecular formula is C26H26ClF4N5. The van der Waals surface area contributed by atoms with E-state index in [4.69, 9.17) is 11.6 Å². The zero-order valence-electron chi connectivity index (χ0n) is 19.7. The van der Waals surface area contributed by atoms with Crippen molar-refractivity contribution in [1.29, 1.82) is 0 Å². The minimum absolute atomic E-state index is 0.269. The van der Waals surface area contributed by atoms with Crippen LogP contribution in [-0.2, 0) is 19.3 Å². The minimum Gasteiger partial charge on any atom is -0.351 e. The van der Waals surface area contributed by atoms with Crippen molar-refractivity contribution in [3.05, 3.63) is 82.2 Å². The largest absolute Gasteiger partial charge is 0.417 e. The molecule has 3 heterocycles. The number of fused-ring (bicyclic) bond motifs is 1. The number of hydrogen-bond acceptors (Lipinski definition) is 4. The lowest BCUT2D eigenvalue weighted by molar-refractivity contribution is -0.137. The van der Waals surface area contributed by atoms with Gasteiger partial charge in [-0.15, -0.1) is 0 Å². The zero-order chi connectivity index (χ0) is 25.6. The number of alkyl halides is 3. The number of aryl methyl sites for hydroxylation is 1. The molecule has 3 aromatic rings. The number of hydrogen-bond donors (Lipinski definition) is 2. The summed E-state index contributed by atoms with van der Waals surface area (Å²) in [4.78, 5) is 12.4. The fraction of sp³-hybridized carbons (Fsp3) is 0.346. The SMILES string of the molecule is C=C1Nc2cc(F)ccc2CN1C1CCN(Cc2nc(-c3ccc(C(F)(F)F)c(Cl)c3)[nH]c2C)CC1. The van der Waals surface area contributed by atoms with E-state index in [1.54, 1.807) is 0 Å². The van der Waals surface area contributed by atoms with Crippen LogP contribution in [-0.4, -0.2) is 38.9 Å². The molecule has 36 heavy (non-hydrogen) atoms. The number of anilines is 1. The lowest BCUT2D eigenvalue weighted by Gasteiger charge is -2.43. The van der Waals surface area contributed by atoms with Crippen LogP contribution in [0.4, 0.5) is 23.2 Å². The summed E-state index contributed by atoms with van der Waals surface area (Å²) in [6.45, 7) is 9.15. The maximum absolute atomic E-state index is 13.6. The number of rotatable bonds is 4. The van der Waals surface area contributed by atoms with E-state index in [9.17, 15) is 17.6 Å². The van der Waals surface area contributed by atoms with Crippen molar-refractivity contribution in [3.63, 3.8) is 0 Å². The van der Waals surface area contributed by atoms with Gasteiger partial charge in [0.05, 0.1) is 22.1 Å². The number of H-pyrrole nitrogens is 1. The molecule has 0 spiro atoms. The number of aromatic amines is 1. The van der Waals surface area contributed by atoms with Gasteiger partial charge in [-0.25, -0.2) is 9.37 Å². The molecule has 190 valence electrons. The van der Waals surface area contributed by atoms with Crippen LogP contribution in [0.1, 0.15) is 35.4 Å². The molecule has 0 atom stereocenters. The van der Waals surface area contributed by atoms with Gasteiger partial charge >= 0.3 is 6.18 Å². The number of nitrogens with zero attached hydrogens (tertiary/aromatic N) is 3. The Morgan fingerprint density at radius 2 is 1.89 bits per heavy atom. The molecule has 0 saturated carbocycles. The maximum atomic E-state index is 13.6. The van der Waals surface area contributed by atoms with E-state index >= 15 is 0 Å². The second kappa shape index (κ2) is 9.44. The first-order chi connectivity index (χ1) is 17.1. The number of nitrogens with one attached hydrogen (secondary N) is 2. The van der Waals surface area contributed by atoms with E-state index in [1.165, 1.54) is 24.3 Å². The van der Waals surface area contributed by atoms with Gasteiger partial charge in [0.2, 0.25) is 0 Å². The van der Waals surface area contributed by atoms with Crippen LogP contribution in [0.5, 0.6) is 0 Å². The smallest absolute Gasteiger partial charge is 0.351 e. The Morgan fingerprint density at radius 3 is 2.58 bits per heavy atom. The third kappa shape index (κ3) is 4.95. The molecule has 10 heteroatoms. The number of halogens is 5. The molecule has 0 aliphatic carbocycles. The highest BCUT2D eigenvalue weighted by Crippen LogP contribution is 2.37. The fourth-order valence-corrected chi connectivity index (χ4v) is 5.23. The molecule has 0 amide bonds. The van der Waals surface area contributed by atoms with Gasteiger partial charge in [0.1, 0.15) is 11.6 Å². The molecule has 5 nitrogen and oxygen atoms in total. The van der Waals surface area contributed by atoms with E-state index in [-0.39, 0.29) is 10.8 Å². The molecule has 1 fully saturated rings. The Labute approximate surface area is 211 Å². The van der Waals surface area contributed by atoms with E-state index in [1.807, 2.05) is 13.0 Å². The highest BCUT2D eigenvalue weighted by molar-refractivity contribution is 6.31. The molecule has 2 aliphatic heterocycles. The summed E-state index contributed by atoms with van der Waals surface area (Å²) < 4.78 is 52.6. The molecule has 2 aromatic carbocycles. The van der Waals surface area contributed by atoms with Crippen LogP contribution in [0.25, 0.3) is 11.4 Å². The summed E-state index contributed by atoms with van der Waals surface area (Å²) in [7, 11) is 0. The zero-order valence-corrected chi connectivity index (χ0v) is 20.5. The second-order valence-corrected chi connectivity index (χ2v) is 9.77. The van der Waals surface area contributed by atoms with Gasteiger partial charge in [0.15, 0.2) is 0 Å². The standard InChI is InChI=1S/C26H26ClF4N5/c1-15-24(34-25(32-15)17-4-6-21(22(27)11-17)26(29,30)31)14-35-9-7-20(8-10-35)36-13-18-3-5-19(28)12-23(18)33-16(36)2/h3-6,11-12,20,33H,2,7-10,13-14H2,1H3,(H,32,34). The Hall–Kier alpha value is -3.04. The van der Waals surface area contributed by atoms with Crippen LogP contribution in [0.15, 0.2) is 48.8 Å². The van der Waals surface area contributed by atoms with Crippen molar-refractivity contribution in [2.75, 3.05) is 18.4 Å². The molecular weight excluding hydrogens is 494 g/mol. The number of piperidine rings is 1. The van der Waals surface area contributed by atoms with E-state index in [2.05, 4.69) is 31.7 Å². The van der Waals surface area contributed by atoms with E-state index in [0.717, 1.165) is 60.5 Å². The van der Waals surface area contributed by atoms with E-state index in [0.29, 0.717) is 30.5 Å². The Morgan fingerprint density at radius 1 is 1.14 bits per heavy atom. The summed E-state index contributed by atoms with van der Waals surface area (Å²) >= 11 is 5.89. The lowest BCUT2D eigenvalue weighted by Crippen LogP contribution is -2.46. The minimum atomic E-state index is -4.50. The average molecular weight is 520 g/mol. The van der Waals surface area contributed by atoms with Crippen LogP contribution in [0, 0.1) is 12.7 Å². The molecule has 1 aromatic heterocycles. The van der Waals surface area contributed by atoms with Crippen LogP contribution in [0.2, 0.25) is 5.02 Å². The summed E-state index contributed by atoms with van der Waals surface area (Å²) in [5.41, 5.74) is 3.21. The molecule has 0 radical (unpaired) electrons. The third-order valence-corrected chi connectivity index (χ3v) is 7.26. The van der Waals surface area contributed by atoms with Crippen molar-refractivity contribution in [3.8, 4) is 11.4 Å². The molecule has 0 unspecified atom stereocenters. The van der Waals surface area contributed by atoms with Gasteiger partial charge < -0.3 is 15.2 Å². The Bertz CT molecular complexity index is 1290. The maximum Gasteiger partial charge on any atom is 0.417 e. The second-order valence-electron chi connectivity index (χ2n) is 9.36. The van der Waals surface area contributed by atoms with Crippen molar-refractivity contribution < 1.29 is 17.6 Å². The van der Waals surface area contributed by atoms with Crippen molar-refractivity contribution in [1.82, 2.24) is 19.8 Å². The first-order valence-corrected chi connectivity index (χ1v) is 12.1. The van der Waals surface area contributed by atoms with Gasteiger partial charge in [0.25, 0.3) is 0 Å². The summed E-state index contributed by atoms with van der Waals surface area (Å²) in [5, 5.41) is 2.88. The molecule has 5 rings (SSSR count). The first kappa shape index (κ1) is 24.6. The quantitative estimate of drug-likeness (QED) is 0.383. The van der Waals surface area contributed by atoms with E-state index < -0.39 is 11.7 Å². The highest BCUT2D eigenvalue weighted by atomic mass is 35.5. The molecule has 0 bridgehead atoms.